The predicted octanol–water partition coefficient (Wildman–Crippen LogP) is 3.73. The van der Waals surface area contributed by atoms with Gasteiger partial charge in [0.2, 0.25) is 5.88 Å². The molecule has 0 unspecified atom stereocenters. The molecule has 1 aliphatic carbocycles. The van der Waals surface area contributed by atoms with Gasteiger partial charge in [-0.2, -0.15) is 5.10 Å². The molecule has 0 bridgehead atoms. The smallest absolute Gasteiger partial charge is 0.274 e. The summed E-state index contributed by atoms with van der Waals surface area (Å²) >= 11 is 9.78. The lowest BCUT2D eigenvalue weighted by Crippen LogP contribution is -2.30. The van der Waals surface area contributed by atoms with Crippen LogP contribution in [-0.4, -0.2) is 49.8 Å². The van der Waals surface area contributed by atoms with Crippen molar-refractivity contribution < 1.29 is 14.3 Å². The van der Waals surface area contributed by atoms with Crippen molar-refractivity contribution in [1.29, 1.82) is 0 Å². The van der Waals surface area contributed by atoms with Crippen LogP contribution in [0.15, 0.2) is 47.2 Å². The average molecular weight is 545 g/mol. The van der Waals surface area contributed by atoms with Gasteiger partial charge in [0.1, 0.15) is 5.69 Å². The third-order valence-electron chi connectivity index (χ3n) is 5.40. The third-order valence-corrected chi connectivity index (χ3v) is 6.32. The van der Waals surface area contributed by atoms with Gasteiger partial charge in [0.25, 0.3) is 11.8 Å². The number of carbonyl (C=O) groups is 2. The van der Waals surface area contributed by atoms with Crippen molar-refractivity contribution in [3.63, 3.8) is 0 Å². The van der Waals surface area contributed by atoms with Gasteiger partial charge in [0, 0.05) is 23.3 Å². The van der Waals surface area contributed by atoms with Gasteiger partial charge in [-0.15, -0.1) is 5.10 Å². The van der Waals surface area contributed by atoms with Gasteiger partial charge in [-0.05, 0) is 59.0 Å². The Balaban J connectivity index is 1.55. The number of rotatable bonds is 7. The maximum atomic E-state index is 13.4. The highest BCUT2D eigenvalue weighted by Gasteiger charge is 2.27. The van der Waals surface area contributed by atoms with Crippen LogP contribution in [0.25, 0.3) is 11.3 Å². The highest BCUT2D eigenvalue weighted by Crippen LogP contribution is 2.31. The zero-order valence-corrected chi connectivity index (χ0v) is 20.3. The monoisotopic (exact) mass is 543 g/mol. The van der Waals surface area contributed by atoms with E-state index in [0.29, 0.717) is 27.5 Å². The number of nitrogens with zero attached hydrogens (tertiary/aromatic N) is 5. The van der Waals surface area contributed by atoms with Crippen LogP contribution in [0.4, 0.5) is 5.69 Å². The SMILES string of the molecule is COc1cc(C(=O)Nc2c(Br)cc3ccnn3c2C(=O)NCC2CC2)n(-c2ncccc2Cl)n1. The molecule has 0 spiro atoms. The van der Waals surface area contributed by atoms with Crippen molar-refractivity contribution >= 4 is 50.5 Å². The number of amides is 2. The second-order valence-electron chi connectivity index (χ2n) is 7.78. The molecule has 174 valence electrons. The number of nitrogens with one attached hydrogen (secondary N) is 2. The third kappa shape index (κ3) is 4.24. The quantitative estimate of drug-likeness (QED) is 0.366. The van der Waals surface area contributed by atoms with Gasteiger partial charge in [-0.3, -0.25) is 9.59 Å². The molecule has 10 nitrogen and oxygen atoms in total. The number of hydrogen-bond acceptors (Lipinski definition) is 6. The van der Waals surface area contributed by atoms with Gasteiger partial charge < -0.3 is 15.4 Å². The van der Waals surface area contributed by atoms with Gasteiger partial charge in [0.05, 0.1) is 29.5 Å². The fraction of sp³-hybridized carbons (Fsp3) is 0.227. The Bertz CT molecular complexity index is 1410. The van der Waals surface area contributed by atoms with Crippen molar-refractivity contribution in [3.05, 3.63) is 63.6 Å². The minimum Gasteiger partial charge on any atom is -0.480 e. The summed E-state index contributed by atoms with van der Waals surface area (Å²) in [4.78, 5) is 30.8. The van der Waals surface area contributed by atoms with E-state index in [4.69, 9.17) is 16.3 Å². The van der Waals surface area contributed by atoms with Gasteiger partial charge in [-0.1, -0.05) is 11.6 Å². The minimum atomic E-state index is -0.541. The van der Waals surface area contributed by atoms with E-state index in [-0.39, 0.29) is 34.7 Å². The molecule has 34 heavy (non-hydrogen) atoms. The Morgan fingerprint density at radius 2 is 2.06 bits per heavy atom. The molecule has 2 amide bonds. The number of fused-ring (bicyclic) bond motifs is 1. The number of halogens is 2. The number of carbonyl (C=O) groups excluding carboxylic acids is 2. The van der Waals surface area contributed by atoms with Gasteiger partial charge >= 0.3 is 0 Å². The Hall–Kier alpha value is -3.44. The minimum absolute atomic E-state index is 0.120. The molecule has 0 aromatic carbocycles. The van der Waals surface area contributed by atoms with E-state index in [1.54, 1.807) is 36.7 Å². The van der Waals surface area contributed by atoms with E-state index in [9.17, 15) is 9.59 Å². The first-order chi connectivity index (χ1) is 16.5. The molecule has 1 aliphatic rings. The predicted molar refractivity (Wildman–Crippen MR) is 129 cm³/mol. The van der Waals surface area contributed by atoms with Crippen LogP contribution in [-0.2, 0) is 0 Å². The maximum absolute atomic E-state index is 13.4. The molecule has 12 heteroatoms. The summed E-state index contributed by atoms with van der Waals surface area (Å²) in [7, 11) is 1.44. The highest BCUT2D eigenvalue weighted by atomic mass is 79.9. The lowest BCUT2D eigenvalue weighted by atomic mass is 10.2. The van der Waals surface area contributed by atoms with Crippen molar-refractivity contribution in [2.75, 3.05) is 19.0 Å². The molecule has 4 aromatic heterocycles. The number of aromatic nitrogens is 5. The largest absolute Gasteiger partial charge is 0.480 e. The van der Waals surface area contributed by atoms with E-state index in [1.165, 1.54) is 22.4 Å². The fourth-order valence-electron chi connectivity index (χ4n) is 3.50. The first kappa shape index (κ1) is 22.4. The number of hydrogen-bond donors (Lipinski definition) is 2. The van der Waals surface area contributed by atoms with Crippen LogP contribution in [0, 0.1) is 5.92 Å². The van der Waals surface area contributed by atoms with E-state index < -0.39 is 5.91 Å². The molecule has 0 radical (unpaired) electrons. The second kappa shape index (κ2) is 9.07. The zero-order valence-electron chi connectivity index (χ0n) is 18.0. The van der Waals surface area contributed by atoms with E-state index >= 15 is 0 Å². The Morgan fingerprint density at radius 3 is 2.79 bits per heavy atom. The van der Waals surface area contributed by atoms with Crippen molar-refractivity contribution in [3.8, 4) is 11.7 Å². The van der Waals surface area contributed by atoms with Crippen LogP contribution < -0.4 is 15.4 Å². The summed E-state index contributed by atoms with van der Waals surface area (Å²) in [5.74, 6) is 0.0849. The van der Waals surface area contributed by atoms with Crippen molar-refractivity contribution in [2.45, 2.75) is 12.8 Å². The van der Waals surface area contributed by atoms with Crippen molar-refractivity contribution in [2.24, 2.45) is 5.92 Å². The molecule has 5 rings (SSSR count). The normalized spacial score (nSPS) is 13.1. The van der Waals surface area contributed by atoms with Crippen molar-refractivity contribution in [1.82, 2.24) is 29.7 Å². The molecule has 2 N–H and O–H groups in total. The molecule has 4 heterocycles. The van der Waals surface area contributed by atoms with E-state index in [2.05, 4.69) is 41.7 Å². The van der Waals surface area contributed by atoms with Crippen LogP contribution in [0.1, 0.15) is 33.8 Å². The lowest BCUT2D eigenvalue weighted by molar-refractivity contribution is 0.0945. The molecule has 4 aromatic rings. The van der Waals surface area contributed by atoms with E-state index in [0.717, 1.165) is 12.8 Å². The molecular weight excluding hydrogens is 526 g/mol. The maximum Gasteiger partial charge on any atom is 0.274 e. The fourth-order valence-corrected chi connectivity index (χ4v) is 4.22. The summed E-state index contributed by atoms with van der Waals surface area (Å²) in [6.45, 7) is 0.573. The first-order valence-electron chi connectivity index (χ1n) is 10.5. The van der Waals surface area contributed by atoms with Crippen LogP contribution in [0.5, 0.6) is 5.88 Å². The highest BCUT2D eigenvalue weighted by molar-refractivity contribution is 9.10. The van der Waals surface area contributed by atoms with E-state index in [1.807, 2.05) is 0 Å². The molecule has 0 atom stereocenters. The number of methoxy groups -OCH3 is 1. The topological polar surface area (TPSA) is 115 Å². The molecule has 0 saturated heterocycles. The number of anilines is 1. The summed E-state index contributed by atoms with van der Waals surface area (Å²) < 4.78 is 8.54. The van der Waals surface area contributed by atoms with Gasteiger partial charge in [0.15, 0.2) is 11.5 Å². The lowest BCUT2D eigenvalue weighted by Gasteiger charge is -2.15. The Kier molecular flexibility index (Phi) is 5.96. The summed E-state index contributed by atoms with van der Waals surface area (Å²) in [5, 5.41) is 14.6. The number of ether oxygens (including phenoxy) is 1. The van der Waals surface area contributed by atoms with Crippen LogP contribution in [0.3, 0.4) is 0 Å². The molecule has 1 saturated carbocycles. The van der Waals surface area contributed by atoms with Gasteiger partial charge in [-0.25, -0.2) is 14.2 Å². The first-order valence-corrected chi connectivity index (χ1v) is 11.6. The van der Waals surface area contributed by atoms with Crippen LogP contribution in [0.2, 0.25) is 5.02 Å². The number of pyridine rings is 2. The summed E-state index contributed by atoms with van der Waals surface area (Å²) in [5.41, 5.74) is 1.30. The Morgan fingerprint density at radius 1 is 1.24 bits per heavy atom. The average Bonchev–Trinajstić information content (AvgIpc) is 3.37. The zero-order chi connectivity index (χ0) is 23.8. The summed E-state index contributed by atoms with van der Waals surface area (Å²) in [6, 6.07) is 8.33. The standard InChI is InChI=1S/C22H19BrClN7O3/c1-34-17-10-16(31(29-17)20-15(24)3-2-7-25-20)21(32)28-18-14(23)9-13-6-8-27-30(13)19(18)22(33)26-11-12-4-5-12/h2-3,6-10,12H,4-5,11H2,1H3,(H,26,33)(H,28,32). The van der Waals surface area contributed by atoms with Crippen LogP contribution >= 0.6 is 27.5 Å². The molecular formula is C22H19BrClN7O3. The Labute approximate surface area is 207 Å². The second-order valence-corrected chi connectivity index (χ2v) is 9.05. The summed E-state index contributed by atoms with van der Waals surface area (Å²) in [6.07, 6.45) is 5.33. The molecule has 0 aliphatic heterocycles. The molecule has 1 fully saturated rings.